The average molecular weight is 216 g/mol. The van der Waals surface area contributed by atoms with Crippen LogP contribution in [0, 0.1) is 0 Å². The van der Waals surface area contributed by atoms with E-state index in [0.717, 1.165) is 6.54 Å². The number of likely N-dealkylation sites (N-methyl/N-ethyl adjacent to an activating group) is 1. The second kappa shape index (κ2) is 8.38. The molecule has 0 unspecified atom stereocenters. The van der Waals surface area contributed by atoms with Gasteiger partial charge in [-0.15, -0.1) is 0 Å². The van der Waals surface area contributed by atoms with E-state index >= 15 is 0 Å². The van der Waals surface area contributed by atoms with Crippen LogP contribution in [0.2, 0.25) is 0 Å². The van der Waals surface area contributed by atoms with Gasteiger partial charge in [0.05, 0.1) is 19.3 Å². The van der Waals surface area contributed by atoms with Gasteiger partial charge in [0.2, 0.25) is 5.91 Å². The van der Waals surface area contributed by atoms with Crippen LogP contribution in [0.4, 0.5) is 0 Å². The molecule has 0 spiro atoms. The van der Waals surface area contributed by atoms with Gasteiger partial charge >= 0.3 is 0 Å². The molecule has 0 aliphatic carbocycles. The molecule has 0 heterocycles. The highest BCUT2D eigenvalue weighted by atomic mass is 16.5. The first-order valence-corrected chi connectivity index (χ1v) is 5.10. The summed E-state index contributed by atoms with van der Waals surface area (Å²) in [5.74, 6) is -0.193. The molecule has 0 aromatic heterocycles. The van der Waals surface area contributed by atoms with Crippen molar-refractivity contribution in [3.8, 4) is 0 Å². The Kier molecular flexibility index (Phi) is 7.85. The number of ether oxygens (including phenoxy) is 1. The maximum Gasteiger partial charge on any atom is 0.222 e. The minimum Gasteiger partial charge on any atom is -0.380 e. The van der Waals surface area contributed by atoms with Crippen LogP contribution < -0.4 is 10.6 Å². The van der Waals surface area contributed by atoms with Crippen molar-refractivity contribution >= 4 is 11.7 Å². The molecule has 0 radical (unpaired) electrons. The van der Waals surface area contributed by atoms with Crippen LogP contribution >= 0.6 is 0 Å². The van der Waals surface area contributed by atoms with E-state index in [0.29, 0.717) is 19.6 Å². The number of ketones is 1. The average Bonchev–Trinajstić information content (AvgIpc) is 2.17. The molecular formula is C10H20N2O3. The molecule has 0 aliphatic heterocycles. The normalized spacial score (nSPS) is 12.2. The van der Waals surface area contributed by atoms with E-state index in [4.69, 9.17) is 4.74 Å². The quantitative estimate of drug-likeness (QED) is 0.547. The predicted molar refractivity (Wildman–Crippen MR) is 57.6 cm³/mol. The fraction of sp³-hybridized carbons (Fsp3) is 0.800. The number of carbonyl (C=O) groups is 2. The standard InChI is InChI=1S/C10H20N2O3/c1-8(9(2)13)12-10(14)4-6-15-7-5-11-3/h8,11H,4-7H2,1-3H3,(H,12,14)/t8-/m1/s1. The number of carbonyl (C=O) groups excluding carboxylic acids is 2. The smallest absolute Gasteiger partial charge is 0.222 e. The van der Waals surface area contributed by atoms with Crippen molar-refractivity contribution in [1.29, 1.82) is 0 Å². The second-order valence-corrected chi connectivity index (χ2v) is 3.37. The van der Waals surface area contributed by atoms with E-state index in [-0.39, 0.29) is 11.7 Å². The highest BCUT2D eigenvalue weighted by Gasteiger charge is 2.10. The molecule has 0 rings (SSSR count). The van der Waals surface area contributed by atoms with Crippen molar-refractivity contribution in [2.45, 2.75) is 26.3 Å². The minimum atomic E-state index is -0.408. The summed E-state index contributed by atoms with van der Waals surface area (Å²) < 4.78 is 5.18. The third kappa shape index (κ3) is 8.08. The molecular weight excluding hydrogens is 196 g/mol. The molecule has 0 bridgehead atoms. The minimum absolute atomic E-state index is 0.0422. The molecule has 88 valence electrons. The molecule has 0 aliphatic rings. The Morgan fingerprint density at radius 1 is 1.33 bits per heavy atom. The fourth-order valence-corrected chi connectivity index (χ4v) is 0.856. The number of Topliss-reactive ketones (excluding diaryl/α,β-unsaturated/α-hetero) is 1. The van der Waals surface area contributed by atoms with Crippen molar-refractivity contribution in [3.63, 3.8) is 0 Å². The molecule has 0 saturated heterocycles. The van der Waals surface area contributed by atoms with Crippen LogP contribution in [-0.2, 0) is 14.3 Å². The summed E-state index contributed by atoms with van der Waals surface area (Å²) in [5, 5.41) is 5.52. The molecule has 0 fully saturated rings. The molecule has 1 amide bonds. The summed E-state index contributed by atoms with van der Waals surface area (Å²) in [6, 6.07) is -0.408. The molecule has 0 aromatic carbocycles. The maximum absolute atomic E-state index is 11.2. The topological polar surface area (TPSA) is 67.4 Å². The first-order chi connectivity index (χ1) is 7.07. The molecule has 5 heteroatoms. The lowest BCUT2D eigenvalue weighted by molar-refractivity contribution is -0.127. The Balaban J connectivity index is 3.45. The van der Waals surface area contributed by atoms with Crippen LogP contribution in [-0.4, -0.2) is 44.5 Å². The van der Waals surface area contributed by atoms with Gasteiger partial charge in [-0.3, -0.25) is 9.59 Å². The van der Waals surface area contributed by atoms with E-state index in [1.165, 1.54) is 6.92 Å². The molecule has 1 atom stereocenters. The largest absolute Gasteiger partial charge is 0.380 e. The van der Waals surface area contributed by atoms with E-state index < -0.39 is 6.04 Å². The number of nitrogens with one attached hydrogen (secondary N) is 2. The van der Waals surface area contributed by atoms with E-state index in [2.05, 4.69) is 10.6 Å². The van der Waals surface area contributed by atoms with Gasteiger partial charge in [0.25, 0.3) is 0 Å². The van der Waals surface area contributed by atoms with Gasteiger partial charge in [0.1, 0.15) is 0 Å². The Morgan fingerprint density at radius 3 is 2.53 bits per heavy atom. The van der Waals surface area contributed by atoms with Crippen LogP contribution in [0.1, 0.15) is 20.3 Å². The van der Waals surface area contributed by atoms with Crippen molar-refractivity contribution in [3.05, 3.63) is 0 Å². The third-order valence-electron chi connectivity index (χ3n) is 1.96. The zero-order valence-corrected chi connectivity index (χ0v) is 9.63. The molecule has 2 N–H and O–H groups in total. The Bertz CT molecular complexity index is 207. The summed E-state index contributed by atoms with van der Waals surface area (Å²) in [5.41, 5.74) is 0. The lowest BCUT2D eigenvalue weighted by Gasteiger charge is -2.10. The monoisotopic (exact) mass is 216 g/mol. The summed E-state index contributed by atoms with van der Waals surface area (Å²) in [6.07, 6.45) is 0.293. The lowest BCUT2D eigenvalue weighted by Crippen LogP contribution is -2.37. The molecule has 0 aromatic rings. The SMILES string of the molecule is CNCCOCCC(=O)N[C@H](C)C(C)=O. The van der Waals surface area contributed by atoms with Crippen molar-refractivity contribution in [2.75, 3.05) is 26.8 Å². The predicted octanol–water partition coefficient (Wildman–Crippen LogP) is -0.294. The summed E-state index contributed by atoms with van der Waals surface area (Å²) >= 11 is 0. The highest BCUT2D eigenvalue weighted by molar-refractivity contribution is 5.87. The number of hydrogen-bond acceptors (Lipinski definition) is 4. The lowest BCUT2D eigenvalue weighted by atomic mass is 10.2. The van der Waals surface area contributed by atoms with Crippen molar-refractivity contribution in [2.24, 2.45) is 0 Å². The number of hydrogen-bond donors (Lipinski definition) is 2. The fourth-order valence-electron chi connectivity index (χ4n) is 0.856. The number of amides is 1. The van der Waals surface area contributed by atoms with Crippen LogP contribution in [0.3, 0.4) is 0 Å². The first-order valence-electron chi connectivity index (χ1n) is 5.10. The van der Waals surface area contributed by atoms with Crippen molar-refractivity contribution in [1.82, 2.24) is 10.6 Å². The van der Waals surface area contributed by atoms with Gasteiger partial charge in [-0.25, -0.2) is 0 Å². The first kappa shape index (κ1) is 14.1. The van der Waals surface area contributed by atoms with Crippen LogP contribution in [0.25, 0.3) is 0 Å². The van der Waals surface area contributed by atoms with E-state index in [9.17, 15) is 9.59 Å². The third-order valence-corrected chi connectivity index (χ3v) is 1.96. The zero-order chi connectivity index (χ0) is 11.7. The van der Waals surface area contributed by atoms with Crippen LogP contribution in [0.5, 0.6) is 0 Å². The van der Waals surface area contributed by atoms with E-state index in [1.807, 2.05) is 7.05 Å². The van der Waals surface area contributed by atoms with Gasteiger partial charge in [0.15, 0.2) is 5.78 Å². The van der Waals surface area contributed by atoms with Crippen molar-refractivity contribution < 1.29 is 14.3 Å². The summed E-state index contributed by atoms with van der Waals surface area (Å²) in [7, 11) is 1.84. The number of rotatable bonds is 8. The van der Waals surface area contributed by atoms with E-state index in [1.54, 1.807) is 6.92 Å². The molecule has 15 heavy (non-hydrogen) atoms. The summed E-state index contributed by atoms with van der Waals surface area (Å²) in [6.45, 7) is 4.87. The Hall–Kier alpha value is -0.940. The van der Waals surface area contributed by atoms with Gasteiger partial charge in [-0.05, 0) is 20.9 Å². The molecule has 0 saturated carbocycles. The Morgan fingerprint density at radius 2 is 2.00 bits per heavy atom. The van der Waals surface area contributed by atoms with Gasteiger partial charge < -0.3 is 15.4 Å². The zero-order valence-electron chi connectivity index (χ0n) is 9.63. The molecule has 5 nitrogen and oxygen atoms in total. The van der Waals surface area contributed by atoms with Gasteiger partial charge in [-0.1, -0.05) is 0 Å². The van der Waals surface area contributed by atoms with Gasteiger partial charge in [-0.2, -0.15) is 0 Å². The second-order valence-electron chi connectivity index (χ2n) is 3.37. The Labute approximate surface area is 90.6 Å². The van der Waals surface area contributed by atoms with Gasteiger partial charge in [0, 0.05) is 13.0 Å². The van der Waals surface area contributed by atoms with Crippen LogP contribution in [0.15, 0.2) is 0 Å². The summed E-state index contributed by atoms with van der Waals surface area (Å²) in [4.78, 5) is 22.1. The maximum atomic E-state index is 11.2. The highest BCUT2D eigenvalue weighted by Crippen LogP contribution is 1.88.